The fraction of sp³-hybridized carbons (Fsp3) is 0.500. The zero-order chi connectivity index (χ0) is 18.0. The summed E-state index contributed by atoms with van der Waals surface area (Å²) >= 11 is 1.50. The van der Waals surface area contributed by atoms with Gasteiger partial charge in [0.1, 0.15) is 5.00 Å². The number of rotatable bonds is 8. The van der Waals surface area contributed by atoms with Gasteiger partial charge in [-0.2, -0.15) is 0 Å². The van der Waals surface area contributed by atoms with E-state index in [1.807, 2.05) is 31.2 Å². The van der Waals surface area contributed by atoms with Gasteiger partial charge in [-0.05, 0) is 36.3 Å². The van der Waals surface area contributed by atoms with E-state index >= 15 is 0 Å². The standard InChI is InChI=1S/C18H23NO4S2/c1-13-15-5-3-4-6-16(15)24-18(13)19(11-9-14-7-8-14)25(21,22)12-10-17(20)23-2/h3-6,14H,7-12H2,1-2H3. The Hall–Kier alpha value is -1.60. The van der Waals surface area contributed by atoms with Crippen molar-refractivity contribution in [2.45, 2.75) is 32.6 Å². The first-order valence-corrected chi connectivity index (χ1v) is 10.9. The summed E-state index contributed by atoms with van der Waals surface area (Å²) in [5, 5.41) is 1.86. The van der Waals surface area contributed by atoms with Crippen LogP contribution >= 0.6 is 11.3 Å². The van der Waals surface area contributed by atoms with Crippen LogP contribution in [0, 0.1) is 12.8 Å². The van der Waals surface area contributed by atoms with Gasteiger partial charge in [-0.1, -0.05) is 31.0 Å². The second-order valence-corrected chi connectivity index (χ2v) is 9.52. The second-order valence-electron chi connectivity index (χ2n) is 6.47. The number of anilines is 1. The second kappa shape index (κ2) is 7.33. The molecule has 0 atom stereocenters. The normalized spacial score (nSPS) is 14.6. The van der Waals surface area contributed by atoms with Crippen LogP contribution < -0.4 is 4.31 Å². The maximum atomic E-state index is 12.9. The van der Waals surface area contributed by atoms with Gasteiger partial charge in [0.2, 0.25) is 10.0 Å². The fourth-order valence-corrected chi connectivity index (χ4v) is 5.91. The highest BCUT2D eigenvalue weighted by molar-refractivity contribution is 7.93. The van der Waals surface area contributed by atoms with E-state index in [9.17, 15) is 13.2 Å². The lowest BCUT2D eigenvalue weighted by Crippen LogP contribution is -2.34. The summed E-state index contributed by atoms with van der Waals surface area (Å²) in [6.07, 6.45) is 3.11. The molecule has 1 aromatic heterocycles. The largest absolute Gasteiger partial charge is 0.469 e. The molecule has 1 aliphatic carbocycles. The van der Waals surface area contributed by atoms with Crippen LogP contribution in [-0.2, 0) is 19.6 Å². The average molecular weight is 382 g/mol. The van der Waals surface area contributed by atoms with Crippen LogP contribution in [0.4, 0.5) is 5.00 Å². The molecule has 7 heteroatoms. The van der Waals surface area contributed by atoms with Gasteiger partial charge in [-0.25, -0.2) is 8.42 Å². The predicted molar refractivity (Wildman–Crippen MR) is 102 cm³/mol. The van der Waals surface area contributed by atoms with Gasteiger partial charge >= 0.3 is 5.97 Å². The molecule has 5 nitrogen and oxygen atoms in total. The quantitative estimate of drug-likeness (QED) is 0.654. The summed E-state index contributed by atoms with van der Waals surface area (Å²) in [5.74, 6) is -0.0929. The molecule has 1 saturated carbocycles. The van der Waals surface area contributed by atoms with Crippen LogP contribution in [0.1, 0.15) is 31.2 Å². The van der Waals surface area contributed by atoms with E-state index in [1.165, 1.54) is 35.6 Å². The Morgan fingerprint density at radius 3 is 2.68 bits per heavy atom. The Kier molecular flexibility index (Phi) is 5.34. The molecule has 0 bridgehead atoms. The van der Waals surface area contributed by atoms with E-state index in [2.05, 4.69) is 4.74 Å². The number of sulfonamides is 1. The third-order valence-electron chi connectivity index (χ3n) is 4.61. The summed E-state index contributed by atoms with van der Waals surface area (Å²) in [4.78, 5) is 11.4. The molecule has 0 radical (unpaired) electrons. The van der Waals surface area contributed by atoms with E-state index in [0.29, 0.717) is 12.5 Å². The maximum absolute atomic E-state index is 12.9. The SMILES string of the molecule is COC(=O)CCS(=O)(=O)N(CCC1CC1)c1sc2ccccc2c1C. The highest BCUT2D eigenvalue weighted by atomic mass is 32.2. The Morgan fingerprint density at radius 2 is 2.04 bits per heavy atom. The minimum absolute atomic E-state index is 0.122. The minimum Gasteiger partial charge on any atom is -0.469 e. The van der Waals surface area contributed by atoms with Gasteiger partial charge < -0.3 is 4.74 Å². The van der Waals surface area contributed by atoms with Crippen LogP contribution in [0.3, 0.4) is 0 Å². The lowest BCUT2D eigenvalue weighted by molar-refractivity contribution is -0.140. The Morgan fingerprint density at radius 1 is 1.32 bits per heavy atom. The number of carbonyl (C=O) groups excluding carboxylic acids is 1. The molecule has 0 aliphatic heterocycles. The molecule has 0 amide bonds. The van der Waals surface area contributed by atoms with Gasteiger partial charge in [0.15, 0.2) is 0 Å². The monoisotopic (exact) mass is 381 g/mol. The van der Waals surface area contributed by atoms with Crippen LogP contribution in [-0.4, -0.2) is 33.8 Å². The number of hydrogen-bond donors (Lipinski definition) is 0. The van der Waals surface area contributed by atoms with E-state index in [-0.39, 0.29) is 12.2 Å². The van der Waals surface area contributed by atoms with E-state index < -0.39 is 16.0 Å². The van der Waals surface area contributed by atoms with E-state index in [4.69, 9.17) is 0 Å². The van der Waals surface area contributed by atoms with Gasteiger partial charge in [-0.15, -0.1) is 11.3 Å². The third-order valence-corrected chi connectivity index (χ3v) is 7.78. The average Bonchev–Trinajstić information content (AvgIpc) is 3.37. The number of ether oxygens (including phenoxy) is 1. The summed E-state index contributed by atoms with van der Waals surface area (Å²) in [7, 11) is -2.30. The molecular formula is C18H23NO4S2. The smallest absolute Gasteiger partial charge is 0.306 e. The fourth-order valence-electron chi connectivity index (χ4n) is 2.90. The minimum atomic E-state index is -3.58. The number of esters is 1. The molecule has 0 unspecified atom stereocenters. The zero-order valence-electron chi connectivity index (χ0n) is 14.5. The lowest BCUT2D eigenvalue weighted by Gasteiger charge is -2.23. The van der Waals surface area contributed by atoms with Crippen LogP contribution in [0.2, 0.25) is 0 Å². The maximum Gasteiger partial charge on any atom is 0.306 e. The summed E-state index contributed by atoms with van der Waals surface area (Å²) < 4.78 is 33.1. The van der Waals surface area contributed by atoms with Gasteiger partial charge in [0, 0.05) is 11.2 Å². The number of thiophene rings is 1. The molecule has 1 aliphatic rings. The first-order chi connectivity index (χ1) is 11.9. The van der Waals surface area contributed by atoms with Gasteiger partial charge in [0.05, 0.1) is 19.3 Å². The van der Waals surface area contributed by atoms with Crippen molar-refractivity contribution in [1.82, 2.24) is 0 Å². The summed E-state index contributed by atoms with van der Waals surface area (Å²) in [5.41, 5.74) is 0.984. The molecule has 0 spiro atoms. The molecule has 1 aromatic carbocycles. The van der Waals surface area contributed by atoms with Crippen molar-refractivity contribution in [3.05, 3.63) is 29.8 Å². The third kappa shape index (κ3) is 4.15. The highest BCUT2D eigenvalue weighted by Gasteiger charge is 2.30. The number of carbonyl (C=O) groups is 1. The van der Waals surface area contributed by atoms with Gasteiger partial charge in [0.25, 0.3) is 0 Å². The number of benzene rings is 1. The van der Waals surface area contributed by atoms with E-state index in [1.54, 1.807) is 0 Å². The van der Waals surface area contributed by atoms with Crippen molar-refractivity contribution in [3.63, 3.8) is 0 Å². The van der Waals surface area contributed by atoms with Crippen molar-refractivity contribution < 1.29 is 17.9 Å². The molecule has 2 aromatic rings. The number of methoxy groups -OCH3 is 1. The molecule has 136 valence electrons. The van der Waals surface area contributed by atoms with Crippen molar-refractivity contribution in [3.8, 4) is 0 Å². The number of fused-ring (bicyclic) bond motifs is 1. The first-order valence-electron chi connectivity index (χ1n) is 8.47. The van der Waals surface area contributed by atoms with Crippen molar-refractivity contribution in [2.75, 3.05) is 23.7 Å². The van der Waals surface area contributed by atoms with Crippen LogP contribution in [0.25, 0.3) is 10.1 Å². The highest BCUT2D eigenvalue weighted by Crippen LogP contribution is 2.40. The topological polar surface area (TPSA) is 63.7 Å². The van der Waals surface area contributed by atoms with Crippen LogP contribution in [0.15, 0.2) is 24.3 Å². The van der Waals surface area contributed by atoms with Gasteiger partial charge in [-0.3, -0.25) is 9.10 Å². The molecule has 25 heavy (non-hydrogen) atoms. The number of aryl methyl sites for hydroxylation is 1. The molecule has 3 rings (SSSR count). The Labute approximate surface area is 152 Å². The Bertz CT molecular complexity index is 868. The number of hydrogen-bond acceptors (Lipinski definition) is 5. The molecule has 0 N–H and O–H groups in total. The molecule has 1 heterocycles. The van der Waals surface area contributed by atoms with Crippen molar-refractivity contribution in [1.29, 1.82) is 0 Å². The number of nitrogens with zero attached hydrogens (tertiary/aromatic N) is 1. The van der Waals surface area contributed by atoms with Crippen molar-refractivity contribution in [2.24, 2.45) is 5.92 Å². The molecule has 0 saturated heterocycles. The molecular weight excluding hydrogens is 358 g/mol. The van der Waals surface area contributed by atoms with E-state index in [0.717, 1.165) is 27.1 Å². The molecule has 1 fully saturated rings. The summed E-state index contributed by atoms with van der Waals surface area (Å²) in [6.45, 7) is 2.44. The zero-order valence-corrected chi connectivity index (χ0v) is 16.2. The summed E-state index contributed by atoms with van der Waals surface area (Å²) in [6, 6.07) is 7.95. The van der Waals surface area contributed by atoms with Crippen molar-refractivity contribution >= 4 is 42.4 Å². The lowest BCUT2D eigenvalue weighted by atomic mass is 10.2. The predicted octanol–water partition coefficient (Wildman–Crippen LogP) is 3.71. The Balaban J connectivity index is 1.92. The van der Waals surface area contributed by atoms with Crippen LogP contribution in [0.5, 0.6) is 0 Å². The first kappa shape index (κ1) is 18.2.